The first kappa shape index (κ1) is 52.6. The van der Waals surface area contributed by atoms with Crippen LogP contribution in [0.1, 0.15) is 271 Å². The van der Waals surface area contributed by atoms with Crippen molar-refractivity contribution < 1.29 is 24.2 Å². The number of unbranched alkanes of at least 4 members (excludes halogenated alkanes) is 35. The summed E-state index contributed by atoms with van der Waals surface area (Å²) in [6.45, 7) is 4.18. The Labute approximate surface area is 337 Å². The zero-order valence-electron chi connectivity index (χ0n) is 36.5. The molecule has 1 unspecified atom stereocenters. The highest BCUT2D eigenvalue weighted by Crippen LogP contribution is 2.16. The minimum absolute atomic E-state index is 0.0590. The molecule has 0 aromatic carbocycles. The first-order valence-electron chi connectivity index (χ1n) is 24.2. The van der Waals surface area contributed by atoms with Crippen molar-refractivity contribution in [1.82, 2.24) is 0 Å². The predicted molar refractivity (Wildman–Crippen MR) is 233 cm³/mol. The summed E-state index contributed by atoms with van der Waals surface area (Å²) in [4.78, 5) is 24.4. The molecule has 0 aromatic rings. The summed E-state index contributed by atoms with van der Waals surface area (Å²) in [6.07, 6.45) is 54.4. The fourth-order valence-corrected chi connectivity index (χ4v) is 7.38. The number of aliphatic hydroxyl groups excluding tert-OH is 1. The molecule has 0 saturated carbocycles. The summed E-state index contributed by atoms with van der Waals surface area (Å²) in [5.41, 5.74) is 0. The van der Waals surface area contributed by atoms with E-state index in [0.29, 0.717) is 12.8 Å². The van der Waals surface area contributed by atoms with Crippen LogP contribution in [0.3, 0.4) is 0 Å². The Kier molecular flexibility index (Phi) is 44.9. The van der Waals surface area contributed by atoms with Crippen LogP contribution in [0.25, 0.3) is 0 Å². The molecule has 0 fully saturated rings. The molecule has 320 valence electrons. The third kappa shape index (κ3) is 43.4. The van der Waals surface area contributed by atoms with Gasteiger partial charge in [-0.25, -0.2) is 0 Å². The third-order valence-electron chi connectivity index (χ3n) is 11.1. The number of carbonyl (C=O) groups is 2. The zero-order chi connectivity index (χ0) is 39.3. The molecular formula is C49H94O5. The molecule has 0 aliphatic rings. The Hall–Kier alpha value is -1.36. The smallest absolute Gasteiger partial charge is 0.306 e. The second kappa shape index (κ2) is 46.0. The van der Waals surface area contributed by atoms with Gasteiger partial charge in [0.05, 0.1) is 6.61 Å². The largest absolute Gasteiger partial charge is 0.462 e. The van der Waals surface area contributed by atoms with Gasteiger partial charge in [-0.05, 0) is 38.5 Å². The Morgan fingerprint density at radius 2 is 0.685 bits per heavy atom. The number of rotatable bonds is 45. The molecule has 54 heavy (non-hydrogen) atoms. The van der Waals surface area contributed by atoms with E-state index in [4.69, 9.17) is 9.47 Å². The van der Waals surface area contributed by atoms with Crippen molar-refractivity contribution in [2.75, 3.05) is 13.2 Å². The second-order valence-electron chi connectivity index (χ2n) is 16.5. The standard InChI is InChI=1S/C49H94O5/c1-3-5-7-9-11-13-15-17-19-21-22-23-24-25-26-28-30-32-34-36-38-40-42-44-49(52)54-47(45-50)46-53-48(51)43-41-39-37-35-33-31-29-27-20-18-16-14-12-10-8-6-4-2/h21-22,47,50H,3-20,23-46H2,1-2H3/b22-21-. The molecule has 5 heteroatoms. The average Bonchev–Trinajstić information content (AvgIpc) is 3.17. The van der Waals surface area contributed by atoms with Crippen LogP contribution in [0.4, 0.5) is 0 Å². The lowest BCUT2D eigenvalue weighted by molar-refractivity contribution is -0.161. The summed E-state index contributed by atoms with van der Waals surface area (Å²) < 4.78 is 10.7. The van der Waals surface area contributed by atoms with Gasteiger partial charge >= 0.3 is 11.9 Å². The van der Waals surface area contributed by atoms with E-state index in [1.54, 1.807) is 0 Å². The SMILES string of the molecule is CCCCCCCCCC/C=C\CCCCCCCCCCCCCC(=O)OC(CO)COC(=O)CCCCCCCCCCCCCCCCCCC. The molecule has 0 aliphatic carbocycles. The lowest BCUT2D eigenvalue weighted by Crippen LogP contribution is -2.28. The van der Waals surface area contributed by atoms with Gasteiger partial charge in [0.1, 0.15) is 6.61 Å². The van der Waals surface area contributed by atoms with Crippen molar-refractivity contribution in [3.8, 4) is 0 Å². The van der Waals surface area contributed by atoms with Crippen LogP contribution in [-0.2, 0) is 19.1 Å². The van der Waals surface area contributed by atoms with Crippen LogP contribution in [0.5, 0.6) is 0 Å². The van der Waals surface area contributed by atoms with E-state index >= 15 is 0 Å². The first-order chi connectivity index (χ1) is 26.6. The maximum atomic E-state index is 12.2. The maximum Gasteiger partial charge on any atom is 0.306 e. The summed E-state index contributed by atoms with van der Waals surface area (Å²) >= 11 is 0. The molecule has 0 amide bonds. The number of esters is 2. The molecule has 1 atom stereocenters. The molecule has 0 saturated heterocycles. The van der Waals surface area contributed by atoms with Crippen LogP contribution in [0, 0.1) is 0 Å². The molecule has 0 rings (SSSR count). The highest BCUT2D eigenvalue weighted by Gasteiger charge is 2.16. The van der Waals surface area contributed by atoms with Gasteiger partial charge in [-0.3, -0.25) is 9.59 Å². The number of hydrogen-bond donors (Lipinski definition) is 1. The summed E-state index contributed by atoms with van der Waals surface area (Å²) in [7, 11) is 0. The topological polar surface area (TPSA) is 72.8 Å². The van der Waals surface area contributed by atoms with Crippen molar-refractivity contribution in [3.05, 3.63) is 12.2 Å². The quantitative estimate of drug-likeness (QED) is 0.0380. The van der Waals surface area contributed by atoms with Gasteiger partial charge in [-0.2, -0.15) is 0 Å². The van der Waals surface area contributed by atoms with Crippen LogP contribution >= 0.6 is 0 Å². The number of hydrogen-bond acceptors (Lipinski definition) is 5. The van der Waals surface area contributed by atoms with Crippen molar-refractivity contribution in [2.45, 2.75) is 277 Å². The number of allylic oxidation sites excluding steroid dienone is 2. The van der Waals surface area contributed by atoms with Crippen molar-refractivity contribution >= 4 is 11.9 Å². The fraction of sp³-hybridized carbons (Fsp3) is 0.918. The summed E-state index contributed by atoms with van der Waals surface area (Å²) in [6, 6.07) is 0. The van der Waals surface area contributed by atoms with Crippen molar-refractivity contribution in [3.63, 3.8) is 0 Å². The molecule has 0 heterocycles. The van der Waals surface area contributed by atoms with E-state index in [1.807, 2.05) is 0 Å². The van der Waals surface area contributed by atoms with E-state index in [-0.39, 0.29) is 25.2 Å². The van der Waals surface area contributed by atoms with Gasteiger partial charge in [-0.15, -0.1) is 0 Å². The van der Waals surface area contributed by atoms with Crippen LogP contribution in [0.2, 0.25) is 0 Å². The predicted octanol–water partition coefficient (Wildman–Crippen LogP) is 15.6. The minimum Gasteiger partial charge on any atom is -0.462 e. The molecule has 5 nitrogen and oxygen atoms in total. The molecule has 0 radical (unpaired) electrons. The van der Waals surface area contributed by atoms with E-state index in [2.05, 4.69) is 26.0 Å². The highest BCUT2D eigenvalue weighted by molar-refractivity contribution is 5.70. The number of ether oxygens (including phenoxy) is 2. The maximum absolute atomic E-state index is 12.2. The van der Waals surface area contributed by atoms with Crippen LogP contribution < -0.4 is 0 Å². The lowest BCUT2D eigenvalue weighted by Gasteiger charge is -2.15. The van der Waals surface area contributed by atoms with Gasteiger partial charge in [0.25, 0.3) is 0 Å². The van der Waals surface area contributed by atoms with Crippen molar-refractivity contribution in [2.24, 2.45) is 0 Å². The average molecular weight is 763 g/mol. The van der Waals surface area contributed by atoms with E-state index in [0.717, 1.165) is 32.1 Å². The highest BCUT2D eigenvalue weighted by atomic mass is 16.6. The molecular weight excluding hydrogens is 669 g/mol. The molecule has 1 N–H and O–H groups in total. The van der Waals surface area contributed by atoms with Crippen molar-refractivity contribution in [1.29, 1.82) is 0 Å². The second-order valence-corrected chi connectivity index (χ2v) is 16.5. The Balaban J connectivity index is 3.46. The number of aliphatic hydroxyl groups is 1. The third-order valence-corrected chi connectivity index (χ3v) is 11.1. The molecule has 0 spiro atoms. The van der Waals surface area contributed by atoms with Gasteiger partial charge < -0.3 is 14.6 Å². The molecule has 0 aliphatic heterocycles. The Morgan fingerprint density at radius 1 is 0.407 bits per heavy atom. The minimum atomic E-state index is -0.766. The Morgan fingerprint density at radius 3 is 1.00 bits per heavy atom. The molecule has 0 aromatic heterocycles. The van der Waals surface area contributed by atoms with E-state index in [1.165, 1.54) is 212 Å². The van der Waals surface area contributed by atoms with Crippen LogP contribution in [-0.4, -0.2) is 36.4 Å². The summed E-state index contributed by atoms with van der Waals surface area (Å²) in [5.74, 6) is -0.574. The monoisotopic (exact) mass is 763 g/mol. The summed E-state index contributed by atoms with van der Waals surface area (Å²) in [5, 5.41) is 9.61. The van der Waals surface area contributed by atoms with Gasteiger partial charge in [0.2, 0.25) is 0 Å². The Bertz CT molecular complexity index is 780. The molecule has 0 bridgehead atoms. The lowest BCUT2D eigenvalue weighted by atomic mass is 10.0. The first-order valence-corrected chi connectivity index (χ1v) is 24.2. The van der Waals surface area contributed by atoms with Gasteiger partial charge in [0, 0.05) is 12.8 Å². The van der Waals surface area contributed by atoms with Gasteiger partial charge in [0.15, 0.2) is 6.10 Å². The fourth-order valence-electron chi connectivity index (χ4n) is 7.38. The normalized spacial score (nSPS) is 12.1. The zero-order valence-corrected chi connectivity index (χ0v) is 36.5. The van der Waals surface area contributed by atoms with E-state index < -0.39 is 6.10 Å². The van der Waals surface area contributed by atoms with Crippen LogP contribution in [0.15, 0.2) is 12.2 Å². The number of carbonyl (C=O) groups excluding carboxylic acids is 2. The van der Waals surface area contributed by atoms with Gasteiger partial charge in [-0.1, -0.05) is 231 Å². The van der Waals surface area contributed by atoms with E-state index in [9.17, 15) is 14.7 Å².